The number of para-hydroxylation sites is 2. The van der Waals surface area contributed by atoms with Gasteiger partial charge >= 0.3 is 5.69 Å². The summed E-state index contributed by atoms with van der Waals surface area (Å²) in [6, 6.07) is 11.5. The third-order valence-corrected chi connectivity index (χ3v) is 4.79. The van der Waals surface area contributed by atoms with Crippen LogP contribution in [0.25, 0.3) is 0 Å². The Morgan fingerprint density at radius 3 is 2.52 bits per heavy atom. The Balaban J connectivity index is 1.97. The number of methoxy groups -OCH3 is 1. The summed E-state index contributed by atoms with van der Waals surface area (Å²) in [5, 5.41) is 9.91. The van der Waals surface area contributed by atoms with Crippen LogP contribution in [0.15, 0.2) is 61.5 Å². The minimum absolute atomic E-state index is 0.0000383. The number of aliphatic imine (C=N–C) groups is 1. The van der Waals surface area contributed by atoms with E-state index in [0.717, 1.165) is 4.57 Å². The Morgan fingerprint density at radius 1 is 1.07 bits per heavy atom. The molecule has 29 heavy (non-hydrogen) atoms. The van der Waals surface area contributed by atoms with Crippen molar-refractivity contribution >= 4 is 27.8 Å². The van der Waals surface area contributed by atoms with E-state index >= 15 is 0 Å². The van der Waals surface area contributed by atoms with Gasteiger partial charge in [0.25, 0.3) is 5.56 Å². The first kappa shape index (κ1) is 20.4. The van der Waals surface area contributed by atoms with Gasteiger partial charge in [0, 0.05) is 20.3 Å². The minimum atomic E-state index is -0.491. The van der Waals surface area contributed by atoms with Crippen molar-refractivity contribution in [2.24, 2.45) is 19.1 Å². The standard InChI is InChI=1S/C20H18BrN3O5/c1-23-17(25)10-18(24(2)20(23)27)29-15-7-5-4-6-14(15)22-11-12-8-13(21)19(26)16(9-12)28-3/h4-11,26H,1-3H3. The van der Waals surface area contributed by atoms with Gasteiger partial charge in [0.15, 0.2) is 17.2 Å². The Morgan fingerprint density at radius 2 is 1.79 bits per heavy atom. The van der Waals surface area contributed by atoms with Crippen LogP contribution in [0.2, 0.25) is 0 Å². The van der Waals surface area contributed by atoms with Gasteiger partial charge in [-0.1, -0.05) is 12.1 Å². The number of ether oxygens (including phenoxy) is 2. The van der Waals surface area contributed by atoms with Crippen molar-refractivity contribution in [3.05, 3.63) is 73.3 Å². The second-order valence-electron chi connectivity index (χ2n) is 6.10. The molecule has 1 heterocycles. The number of aromatic nitrogens is 2. The lowest BCUT2D eigenvalue weighted by atomic mass is 10.2. The first-order chi connectivity index (χ1) is 13.8. The molecule has 0 amide bonds. The number of hydrogen-bond donors (Lipinski definition) is 1. The van der Waals surface area contributed by atoms with Gasteiger partial charge in [0.2, 0.25) is 5.88 Å². The molecule has 9 heteroatoms. The molecule has 8 nitrogen and oxygen atoms in total. The second-order valence-corrected chi connectivity index (χ2v) is 6.96. The average molecular weight is 460 g/mol. The number of benzene rings is 2. The summed E-state index contributed by atoms with van der Waals surface area (Å²) in [7, 11) is 4.37. The lowest BCUT2D eigenvalue weighted by Crippen LogP contribution is -2.36. The van der Waals surface area contributed by atoms with Crippen LogP contribution < -0.4 is 20.7 Å². The minimum Gasteiger partial charge on any atom is -0.503 e. The molecular weight excluding hydrogens is 442 g/mol. The Bertz CT molecular complexity index is 1210. The Hall–Kier alpha value is -3.33. The highest BCUT2D eigenvalue weighted by Crippen LogP contribution is 2.35. The Kier molecular flexibility index (Phi) is 5.88. The molecule has 0 aliphatic heterocycles. The van der Waals surface area contributed by atoms with Gasteiger partial charge in [0.05, 0.1) is 17.6 Å². The molecular formula is C20H18BrN3O5. The van der Waals surface area contributed by atoms with Gasteiger partial charge in [-0.25, -0.2) is 4.79 Å². The molecule has 0 spiro atoms. The number of nitrogens with zero attached hydrogens (tertiary/aromatic N) is 3. The molecule has 0 radical (unpaired) electrons. The molecule has 0 aliphatic rings. The molecule has 0 bridgehead atoms. The fourth-order valence-electron chi connectivity index (χ4n) is 2.54. The summed E-state index contributed by atoms with van der Waals surface area (Å²) in [6.07, 6.45) is 1.58. The van der Waals surface area contributed by atoms with Crippen LogP contribution in [0.5, 0.6) is 23.1 Å². The van der Waals surface area contributed by atoms with Gasteiger partial charge in [-0.2, -0.15) is 0 Å². The molecule has 0 saturated carbocycles. The SMILES string of the molecule is COc1cc(C=Nc2ccccc2Oc2cc(=O)n(C)c(=O)n2C)cc(Br)c1O. The van der Waals surface area contributed by atoms with Gasteiger partial charge < -0.3 is 14.6 Å². The molecule has 0 saturated heterocycles. The summed E-state index contributed by atoms with van der Waals surface area (Å²) >= 11 is 3.27. The molecule has 1 aromatic heterocycles. The van der Waals surface area contributed by atoms with Crippen molar-refractivity contribution in [1.82, 2.24) is 9.13 Å². The molecule has 150 valence electrons. The molecule has 0 aliphatic carbocycles. The molecule has 3 rings (SSSR count). The zero-order chi connectivity index (χ0) is 21.1. The lowest BCUT2D eigenvalue weighted by molar-refractivity contribution is 0.372. The third kappa shape index (κ3) is 4.24. The van der Waals surface area contributed by atoms with Gasteiger partial charge in [0.1, 0.15) is 5.69 Å². The quantitative estimate of drug-likeness (QED) is 0.591. The first-order valence-corrected chi connectivity index (χ1v) is 9.25. The van der Waals surface area contributed by atoms with E-state index in [0.29, 0.717) is 27.2 Å². The maximum atomic E-state index is 12.1. The predicted octanol–water partition coefficient (Wildman–Crippen LogP) is 3.10. The van der Waals surface area contributed by atoms with Crippen LogP contribution in [0.3, 0.4) is 0 Å². The zero-order valence-corrected chi connectivity index (χ0v) is 17.5. The molecule has 0 fully saturated rings. The van der Waals surface area contributed by atoms with E-state index in [2.05, 4.69) is 20.9 Å². The molecule has 0 atom stereocenters. The van der Waals surface area contributed by atoms with Crippen molar-refractivity contribution in [1.29, 1.82) is 0 Å². The van der Waals surface area contributed by atoms with Crippen molar-refractivity contribution < 1.29 is 14.6 Å². The van der Waals surface area contributed by atoms with Crippen LogP contribution in [-0.2, 0) is 14.1 Å². The molecule has 3 aromatic rings. The molecule has 2 aromatic carbocycles. The maximum absolute atomic E-state index is 12.1. The highest BCUT2D eigenvalue weighted by atomic mass is 79.9. The van der Waals surface area contributed by atoms with E-state index in [4.69, 9.17) is 9.47 Å². The van der Waals surface area contributed by atoms with Gasteiger partial charge in [-0.05, 0) is 45.8 Å². The zero-order valence-electron chi connectivity index (χ0n) is 15.9. The predicted molar refractivity (Wildman–Crippen MR) is 113 cm³/mol. The van der Waals surface area contributed by atoms with Crippen molar-refractivity contribution in [2.75, 3.05) is 7.11 Å². The summed E-state index contributed by atoms with van der Waals surface area (Å²) in [5.74, 6) is 0.784. The van der Waals surface area contributed by atoms with E-state index in [1.165, 1.54) is 31.8 Å². The van der Waals surface area contributed by atoms with E-state index in [9.17, 15) is 14.7 Å². The Labute approximate surface area is 174 Å². The number of rotatable bonds is 5. The third-order valence-electron chi connectivity index (χ3n) is 4.19. The highest BCUT2D eigenvalue weighted by Gasteiger charge is 2.11. The monoisotopic (exact) mass is 459 g/mol. The van der Waals surface area contributed by atoms with Crippen LogP contribution >= 0.6 is 15.9 Å². The summed E-state index contributed by atoms with van der Waals surface area (Å²) in [6.45, 7) is 0. The normalized spacial score (nSPS) is 11.0. The second kappa shape index (κ2) is 8.36. The summed E-state index contributed by atoms with van der Waals surface area (Å²) in [5.41, 5.74) is 0.214. The van der Waals surface area contributed by atoms with Gasteiger partial charge in [-0.3, -0.25) is 18.9 Å². The van der Waals surface area contributed by atoms with Crippen molar-refractivity contribution in [3.63, 3.8) is 0 Å². The smallest absolute Gasteiger partial charge is 0.333 e. The number of aromatic hydroxyl groups is 1. The van der Waals surface area contributed by atoms with E-state index in [-0.39, 0.29) is 11.6 Å². The van der Waals surface area contributed by atoms with Crippen LogP contribution in [0.1, 0.15) is 5.56 Å². The molecule has 1 N–H and O–H groups in total. The van der Waals surface area contributed by atoms with Crippen molar-refractivity contribution in [3.8, 4) is 23.1 Å². The van der Waals surface area contributed by atoms with E-state index < -0.39 is 11.2 Å². The maximum Gasteiger partial charge on any atom is 0.333 e. The fourth-order valence-corrected chi connectivity index (χ4v) is 3.00. The largest absolute Gasteiger partial charge is 0.503 e. The highest BCUT2D eigenvalue weighted by molar-refractivity contribution is 9.10. The fraction of sp³-hybridized carbons (Fsp3) is 0.150. The summed E-state index contributed by atoms with van der Waals surface area (Å²) < 4.78 is 13.6. The van der Waals surface area contributed by atoms with Crippen LogP contribution in [0.4, 0.5) is 5.69 Å². The number of phenols is 1. The average Bonchev–Trinajstić information content (AvgIpc) is 2.72. The van der Waals surface area contributed by atoms with Gasteiger partial charge in [-0.15, -0.1) is 0 Å². The topological polar surface area (TPSA) is 95.0 Å². The number of hydrogen-bond acceptors (Lipinski definition) is 6. The molecule has 0 unspecified atom stereocenters. The van der Waals surface area contributed by atoms with E-state index in [1.807, 2.05) is 0 Å². The lowest BCUT2D eigenvalue weighted by Gasteiger charge is -2.12. The van der Waals surface area contributed by atoms with Crippen LogP contribution in [-0.4, -0.2) is 27.6 Å². The van der Waals surface area contributed by atoms with Crippen LogP contribution in [0, 0.1) is 0 Å². The first-order valence-electron chi connectivity index (χ1n) is 8.46. The number of phenolic OH excluding ortho intramolecular Hbond substituents is 1. The van der Waals surface area contributed by atoms with Crippen molar-refractivity contribution in [2.45, 2.75) is 0 Å². The van der Waals surface area contributed by atoms with E-state index in [1.54, 1.807) is 42.6 Å². The summed E-state index contributed by atoms with van der Waals surface area (Å²) in [4.78, 5) is 28.4. The number of halogens is 1.